The maximum absolute atomic E-state index is 14.1. The van der Waals surface area contributed by atoms with Gasteiger partial charge >= 0.3 is 0 Å². The van der Waals surface area contributed by atoms with E-state index >= 15 is 0 Å². The lowest BCUT2D eigenvalue weighted by Gasteiger charge is -2.39. The van der Waals surface area contributed by atoms with Gasteiger partial charge in [0.2, 0.25) is 5.91 Å². The standard InChI is InChI=1S/C35H45N5O/c1-25-11-9-12-26(2)39(25)19-7-4-8-20-40-33-23-31(38-24-27-13-5-3-6-14-27)18-17-29(33)22-32(35(40)41)28-15-10-16-30(21-28)34(36)37/h3,5-6,10,13-18,21,23,25-26,32,38H,4,7-9,11-12,19-20,22,24H2,1-2H3,(H3,36,37). The van der Waals surface area contributed by atoms with E-state index in [1.54, 1.807) is 0 Å². The third-order valence-electron chi connectivity index (χ3n) is 8.98. The molecule has 3 unspecified atom stereocenters. The molecule has 4 N–H and O–H groups in total. The maximum atomic E-state index is 14.1. The quantitative estimate of drug-likeness (QED) is 0.141. The summed E-state index contributed by atoms with van der Waals surface area (Å²) in [5.74, 6) is -0.115. The number of nitrogens with one attached hydrogen (secondary N) is 2. The van der Waals surface area contributed by atoms with E-state index in [9.17, 15) is 4.79 Å². The molecule has 2 heterocycles. The summed E-state index contributed by atoms with van der Waals surface area (Å²) in [7, 11) is 0. The van der Waals surface area contributed by atoms with Gasteiger partial charge in [0.25, 0.3) is 0 Å². The number of unbranched alkanes of at least 4 members (excludes halogenated alkanes) is 2. The number of benzene rings is 3. The van der Waals surface area contributed by atoms with Crippen LogP contribution in [0, 0.1) is 5.41 Å². The fourth-order valence-electron chi connectivity index (χ4n) is 6.58. The molecule has 216 valence electrons. The number of anilines is 2. The minimum atomic E-state index is -0.278. The first-order valence-corrected chi connectivity index (χ1v) is 15.3. The molecule has 2 aliphatic heterocycles. The van der Waals surface area contributed by atoms with Gasteiger partial charge in [0.1, 0.15) is 5.84 Å². The molecule has 0 saturated carbocycles. The van der Waals surface area contributed by atoms with Crippen molar-refractivity contribution in [1.29, 1.82) is 5.41 Å². The van der Waals surface area contributed by atoms with Gasteiger partial charge in [-0.1, -0.05) is 67.4 Å². The summed E-state index contributed by atoms with van der Waals surface area (Å²) >= 11 is 0. The minimum absolute atomic E-state index is 0.0267. The Morgan fingerprint density at radius 2 is 1.68 bits per heavy atom. The van der Waals surface area contributed by atoms with Crippen LogP contribution in [0.25, 0.3) is 0 Å². The fraction of sp³-hybridized carbons (Fsp3) is 0.429. The third-order valence-corrected chi connectivity index (χ3v) is 8.98. The van der Waals surface area contributed by atoms with E-state index in [0.29, 0.717) is 30.6 Å². The van der Waals surface area contributed by atoms with Crippen LogP contribution in [-0.2, 0) is 17.8 Å². The second-order valence-electron chi connectivity index (χ2n) is 11.9. The molecule has 3 atom stereocenters. The number of piperidine rings is 1. The summed E-state index contributed by atoms with van der Waals surface area (Å²) in [6.07, 6.45) is 7.83. The number of carbonyl (C=O) groups is 1. The number of hydrogen-bond donors (Lipinski definition) is 3. The molecular formula is C35H45N5O. The smallest absolute Gasteiger partial charge is 0.234 e. The second kappa shape index (κ2) is 13.3. The van der Waals surface area contributed by atoms with Crippen molar-refractivity contribution in [3.8, 4) is 0 Å². The Labute approximate surface area is 245 Å². The molecule has 2 aliphatic rings. The molecule has 6 heteroatoms. The van der Waals surface area contributed by atoms with E-state index < -0.39 is 0 Å². The molecule has 1 amide bonds. The van der Waals surface area contributed by atoms with Gasteiger partial charge in [-0.2, -0.15) is 0 Å². The average molecular weight is 552 g/mol. The van der Waals surface area contributed by atoms with Crippen LogP contribution in [0.5, 0.6) is 0 Å². The molecule has 0 radical (unpaired) electrons. The van der Waals surface area contributed by atoms with Crippen molar-refractivity contribution in [1.82, 2.24) is 4.90 Å². The molecule has 1 fully saturated rings. The number of rotatable bonds is 11. The van der Waals surface area contributed by atoms with Crippen molar-refractivity contribution in [2.75, 3.05) is 23.3 Å². The summed E-state index contributed by atoms with van der Waals surface area (Å²) in [5.41, 5.74) is 11.8. The third kappa shape index (κ3) is 6.99. The Kier molecular flexibility index (Phi) is 9.40. The number of nitrogen functional groups attached to an aromatic ring is 1. The van der Waals surface area contributed by atoms with Crippen LogP contribution < -0.4 is 16.0 Å². The number of hydrogen-bond acceptors (Lipinski definition) is 4. The molecule has 0 spiro atoms. The predicted molar refractivity (Wildman–Crippen MR) is 170 cm³/mol. The van der Waals surface area contributed by atoms with E-state index in [1.165, 1.54) is 30.4 Å². The maximum Gasteiger partial charge on any atom is 0.234 e. The van der Waals surface area contributed by atoms with Crippen LogP contribution in [0.4, 0.5) is 11.4 Å². The van der Waals surface area contributed by atoms with Gasteiger partial charge in [-0.15, -0.1) is 0 Å². The van der Waals surface area contributed by atoms with E-state index in [0.717, 1.165) is 49.3 Å². The Bertz CT molecular complexity index is 1330. The molecule has 0 aliphatic carbocycles. The van der Waals surface area contributed by atoms with Crippen molar-refractivity contribution in [3.63, 3.8) is 0 Å². The van der Waals surface area contributed by atoms with Crippen LogP contribution in [0.3, 0.4) is 0 Å². The first-order chi connectivity index (χ1) is 19.9. The van der Waals surface area contributed by atoms with Gasteiger partial charge in [-0.05, 0) is 87.4 Å². The number of carbonyl (C=O) groups excluding carboxylic acids is 1. The summed E-state index contributed by atoms with van der Waals surface area (Å²) in [4.78, 5) is 18.8. The van der Waals surface area contributed by atoms with Gasteiger partial charge in [-0.25, -0.2) is 0 Å². The summed E-state index contributed by atoms with van der Waals surface area (Å²) in [6, 6.07) is 25.8. The first-order valence-electron chi connectivity index (χ1n) is 15.3. The number of amidine groups is 1. The largest absolute Gasteiger partial charge is 0.384 e. The highest BCUT2D eigenvalue weighted by atomic mass is 16.2. The second-order valence-corrected chi connectivity index (χ2v) is 11.9. The lowest BCUT2D eigenvalue weighted by Crippen LogP contribution is -2.44. The Morgan fingerprint density at radius 3 is 2.44 bits per heavy atom. The Balaban J connectivity index is 1.31. The van der Waals surface area contributed by atoms with E-state index in [1.807, 2.05) is 35.2 Å². The van der Waals surface area contributed by atoms with Gasteiger partial charge in [-0.3, -0.25) is 15.1 Å². The fourth-order valence-corrected chi connectivity index (χ4v) is 6.58. The molecule has 3 aromatic carbocycles. The molecule has 0 bridgehead atoms. The van der Waals surface area contributed by atoms with E-state index in [-0.39, 0.29) is 17.7 Å². The molecule has 5 rings (SSSR count). The van der Waals surface area contributed by atoms with Gasteiger partial charge in [0, 0.05) is 42.1 Å². The highest BCUT2D eigenvalue weighted by molar-refractivity contribution is 6.02. The normalized spacial score (nSPS) is 21.0. The van der Waals surface area contributed by atoms with Crippen LogP contribution in [0.15, 0.2) is 72.8 Å². The van der Waals surface area contributed by atoms with Crippen molar-refractivity contribution in [3.05, 3.63) is 95.1 Å². The topological polar surface area (TPSA) is 85.5 Å². The van der Waals surface area contributed by atoms with Gasteiger partial charge in [0.15, 0.2) is 0 Å². The van der Waals surface area contributed by atoms with Gasteiger partial charge < -0.3 is 16.0 Å². The molecule has 41 heavy (non-hydrogen) atoms. The highest BCUT2D eigenvalue weighted by Gasteiger charge is 2.34. The zero-order chi connectivity index (χ0) is 28.8. The number of fused-ring (bicyclic) bond motifs is 1. The zero-order valence-electron chi connectivity index (χ0n) is 24.6. The van der Waals surface area contributed by atoms with Crippen molar-refractivity contribution < 1.29 is 4.79 Å². The highest BCUT2D eigenvalue weighted by Crippen LogP contribution is 2.38. The first kappa shape index (κ1) is 28.9. The van der Waals surface area contributed by atoms with E-state index in [2.05, 4.69) is 66.5 Å². The molecular weight excluding hydrogens is 506 g/mol. The summed E-state index contributed by atoms with van der Waals surface area (Å²) in [6.45, 7) is 7.32. The van der Waals surface area contributed by atoms with Crippen LogP contribution in [0.1, 0.15) is 80.5 Å². The average Bonchev–Trinajstić information content (AvgIpc) is 2.98. The minimum Gasteiger partial charge on any atom is -0.384 e. The number of amides is 1. The van der Waals surface area contributed by atoms with Gasteiger partial charge in [0.05, 0.1) is 5.92 Å². The summed E-state index contributed by atoms with van der Waals surface area (Å²) < 4.78 is 0. The van der Waals surface area contributed by atoms with E-state index in [4.69, 9.17) is 11.1 Å². The molecule has 6 nitrogen and oxygen atoms in total. The van der Waals surface area contributed by atoms with Crippen molar-refractivity contribution in [2.45, 2.75) is 83.3 Å². The monoisotopic (exact) mass is 551 g/mol. The van der Waals surface area contributed by atoms with Crippen LogP contribution in [0.2, 0.25) is 0 Å². The zero-order valence-corrected chi connectivity index (χ0v) is 24.6. The number of likely N-dealkylation sites (tertiary alicyclic amines) is 1. The van der Waals surface area contributed by atoms with Crippen molar-refractivity contribution >= 4 is 23.1 Å². The Hall–Kier alpha value is -3.64. The van der Waals surface area contributed by atoms with Crippen molar-refractivity contribution in [2.24, 2.45) is 5.73 Å². The number of nitrogens with two attached hydrogens (primary N) is 1. The van der Waals surface area contributed by atoms with Crippen LogP contribution in [-0.4, -0.2) is 41.8 Å². The predicted octanol–water partition coefficient (Wildman–Crippen LogP) is 6.69. The lowest BCUT2D eigenvalue weighted by atomic mass is 9.85. The molecule has 3 aromatic rings. The Morgan fingerprint density at radius 1 is 0.927 bits per heavy atom. The lowest BCUT2D eigenvalue weighted by molar-refractivity contribution is -0.120. The van der Waals surface area contributed by atoms with Crippen LogP contribution >= 0.6 is 0 Å². The summed E-state index contributed by atoms with van der Waals surface area (Å²) in [5, 5.41) is 11.4. The SMILES string of the molecule is CC1CCCC(C)N1CCCCCN1C(=O)C(c2cccc(C(=N)N)c2)Cc2ccc(NCc3ccccc3)cc21. The molecule has 1 saturated heterocycles. The molecule has 0 aromatic heterocycles. The number of nitrogens with zero attached hydrogens (tertiary/aromatic N) is 2.